The second-order valence-electron chi connectivity index (χ2n) is 3.85. The van der Waals surface area contributed by atoms with Crippen LogP contribution in [0, 0.1) is 5.21 Å². The molecule has 5 nitrogen and oxygen atoms in total. The summed E-state index contributed by atoms with van der Waals surface area (Å²) in [5.74, 6) is 0.688. The minimum Gasteiger partial charge on any atom is -0.454 e. The van der Waals surface area contributed by atoms with Crippen LogP contribution in [0.5, 0.6) is 11.5 Å². The molecule has 0 bridgehead atoms. The maximum Gasteiger partial charge on any atom is 0.270 e. The molecule has 0 aliphatic heterocycles. The zero-order valence-corrected chi connectivity index (χ0v) is 11.9. The van der Waals surface area contributed by atoms with Crippen LogP contribution in [0.4, 0.5) is 0 Å². The molecule has 2 aromatic carbocycles. The molecule has 0 saturated carbocycles. The fourth-order valence-electron chi connectivity index (χ4n) is 1.65. The smallest absolute Gasteiger partial charge is 0.270 e. The Bertz CT molecular complexity index is 804. The van der Waals surface area contributed by atoms with Crippen molar-refractivity contribution in [3.8, 4) is 11.5 Å². The fourth-order valence-corrected chi connectivity index (χ4v) is 2.33. The SMILES string of the molecule is [O-][n+]1onc2c(Cl)c(Oc3ccc(Cl)cc3Cl)ccc21. The second-order valence-corrected chi connectivity index (χ2v) is 5.07. The molecule has 3 aromatic rings. The highest BCUT2D eigenvalue weighted by atomic mass is 35.5. The molecule has 20 heavy (non-hydrogen) atoms. The van der Waals surface area contributed by atoms with Gasteiger partial charge in [-0.2, -0.15) is 0 Å². The zero-order valence-electron chi connectivity index (χ0n) is 9.64. The van der Waals surface area contributed by atoms with Gasteiger partial charge in [0.05, 0.1) is 5.02 Å². The summed E-state index contributed by atoms with van der Waals surface area (Å²) in [5.41, 5.74) is 0.425. The van der Waals surface area contributed by atoms with E-state index in [4.69, 9.17) is 39.5 Å². The summed E-state index contributed by atoms with van der Waals surface area (Å²) in [6, 6.07) is 7.82. The third-order valence-corrected chi connectivity index (χ3v) is 3.47. The predicted molar refractivity (Wildman–Crippen MR) is 74.5 cm³/mol. The number of nitrogens with zero attached hydrogens (tertiary/aromatic N) is 2. The van der Waals surface area contributed by atoms with E-state index >= 15 is 0 Å². The van der Waals surface area contributed by atoms with Crippen molar-refractivity contribution in [1.82, 2.24) is 5.16 Å². The Labute approximate surface area is 127 Å². The van der Waals surface area contributed by atoms with Gasteiger partial charge in [0.1, 0.15) is 10.8 Å². The van der Waals surface area contributed by atoms with E-state index in [0.29, 0.717) is 21.5 Å². The summed E-state index contributed by atoms with van der Waals surface area (Å²) in [6.45, 7) is 0. The topological polar surface area (TPSA) is 62.2 Å². The van der Waals surface area contributed by atoms with Crippen molar-refractivity contribution in [2.45, 2.75) is 0 Å². The minimum atomic E-state index is 0.159. The third-order valence-electron chi connectivity index (χ3n) is 2.58. The standard InChI is InChI=1S/C12H5Cl3N2O3/c13-6-1-3-9(7(14)5-6)19-10-4-2-8-12(11(10)15)16-20-17(8)18/h1-5H. The summed E-state index contributed by atoms with van der Waals surface area (Å²) < 4.78 is 10.1. The minimum absolute atomic E-state index is 0.159. The first kappa shape index (κ1) is 13.3. The van der Waals surface area contributed by atoms with Gasteiger partial charge >= 0.3 is 0 Å². The van der Waals surface area contributed by atoms with E-state index in [0.717, 1.165) is 0 Å². The van der Waals surface area contributed by atoms with Crippen LogP contribution in [-0.2, 0) is 0 Å². The molecule has 0 unspecified atom stereocenters. The van der Waals surface area contributed by atoms with E-state index in [1.165, 1.54) is 12.1 Å². The van der Waals surface area contributed by atoms with E-state index in [9.17, 15) is 5.21 Å². The Morgan fingerprint density at radius 2 is 1.85 bits per heavy atom. The van der Waals surface area contributed by atoms with Gasteiger partial charge in [0, 0.05) is 10.2 Å². The first-order valence-electron chi connectivity index (χ1n) is 5.37. The summed E-state index contributed by atoms with van der Waals surface area (Å²) in [5, 5.41) is 15.8. The van der Waals surface area contributed by atoms with Crippen LogP contribution in [0.1, 0.15) is 0 Å². The van der Waals surface area contributed by atoms with Gasteiger partial charge < -0.3 is 9.94 Å². The van der Waals surface area contributed by atoms with Crippen LogP contribution < -0.4 is 9.64 Å². The van der Waals surface area contributed by atoms with Crippen molar-refractivity contribution in [3.63, 3.8) is 0 Å². The Morgan fingerprint density at radius 3 is 2.60 bits per heavy atom. The van der Waals surface area contributed by atoms with Gasteiger partial charge in [0.2, 0.25) is 5.52 Å². The maximum atomic E-state index is 11.2. The molecule has 0 spiro atoms. The van der Waals surface area contributed by atoms with Gasteiger partial charge in [0.15, 0.2) is 5.75 Å². The molecule has 102 valence electrons. The van der Waals surface area contributed by atoms with Crippen LogP contribution >= 0.6 is 34.8 Å². The molecular formula is C12H5Cl3N2O3. The van der Waals surface area contributed by atoms with Gasteiger partial charge in [-0.25, -0.2) is 0 Å². The third kappa shape index (κ3) is 2.24. The molecule has 1 heterocycles. The number of hydrogen-bond acceptors (Lipinski definition) is 4. The molecule has 8 heteroatoms. The first-order valence-corrected chi connectivity index (χ1v) is 6.50. The van der Waals surface area contributed by atoms with Crippen molar-refractivity contribution in [2.75, 3.05) is 0 Å². The largest absolute Gasteiger partial charge is 0.454 e. The number of halogens is 3. The fraction of sp³-hybridized carbons (Fsp3) is 0. The molecule has 0 aliphatic carbocycles. The van der Waals surface area contributed by atoms with Crippen molar-refractivity contribution in [2.24, 2.45) is 0 Å². The van der Waals surface area contributed by atoms with E-state index in [1.807, 2.05) is 0 Å². The van der Waals surface area contributed by atoms with Gasteiger partial charge in [-0.3, -0.25) is 4.63 Å². The number of rotatable bonds is 2. The summed E-state index contributed by atoms with van der Waals surface area (Å²) in [4.78, 5) is 0.264. The lowest BCUT2D eigenvalue weighted by atomic mass is 10.3. The predicted octanol–water partition coefficient (Wildman–Crippen LogP) is 4.21. The maximum absolute atomic E-state index is 11.2. The molecule has 0 fully saturated rings. The van der Waals surface area contributed by atoms with Gasteiger partial charge in [-0.1, -0.05) is 34.8 Å². The van der Waals surface area contributed by atoms with Crippen molar-refractivity contribution < 1.29 is 14.3 Å². The molecule has 0 radical (unpaired) electrons. The number of fused-ring (bicyclic) bond motifs is 1. The highest BCUT2D eigenvalue weighted by Crippen LogP contribution is 2.37. The van der Waals surface area contributed by atoms with Gasteiger partial charge in [-0.15, -0.1) is 0 Å². The molecule has 0 aliphatic rings. The van der Waals surface area contributed by atoms with Crippen molar-refractivity contribution in [3.05, 3.63) is 50.6 Å². The van der Waals surface area contributed by atoms with Gasteiger partial charge in [-0.05, 0) is 35.2 Å². The van der Waals surface area contributed by atoms with Crippen LogP contribution in [0.3, 0.4) is 0 Å². The monoisotopic (exact) mass is 330 g/mol. The van der Waals surface area contributed by atoms with Crippen LogP contribution in [0.15, 0.2) is 35.0 Å². The normalized spacial score (nSPS) is 10.9. The summed E-state index contributed by atoms with van der Waals surface area (Å²) in [6.07, 6.45) is 0. The Balaban J connectivity index is 2.04. The molecule has 3 rings (SSSR count). The number of aromatic nitrogens is 2. The van der Waals surface area contributed by atoms with Crippen LogP contribution in [-0.4, -0.2) is 5.16 Å². The zero-order chi connectivity index (χ0) is 14.3. The Morgan fingerprint density at radius 1 is 1.10 bits per heavy atom. The average molecular weight is 332 g/mol. The lowest BCUT2D eigenvalue weighted by molar-refractivity contribution is -0.782. The van der Waals surface area contributed by atoms with E-state index < -0.39 is 0 Å². The van der Waals surface area contributed by atoms with Crippen molar-refractivity contribution >= 4 is 45.8 Å². The summed E-state index contributed by atoms with van der Waals surface area (Å²) >= 11 is 17.9. The number of ether oxygens (including phenoxy) is 1. The molecule has 0 N–H and O–H groups in total. The van der Waals surface area contributed by atoms with Crippen molar-refractivity contribution in [1.29, 1.82) is 0 Å². The van der Waals surface area contributed by atoms with E-state index in [-0.39, 0.29) is 21.0 Å². The Hall–Kier alpha value is -1.69. The number of benzene rings is 2. The number of hydrogen-bond donors (Lipinski definition) is 0. The molecule has 0 amide bonds. The summed E-state index contributed by atoms with van der Waals surface area (Å²) in [7, 11) is 0. The van der Waals surface area contributed by atoms with Gasteiger partial charge in [0.25, 0.3) is 5.52 Å². The first-order chi connectivity index (χ1) is 9.56. The van der Waals surface area contributed by atoms with Crippen LogP contribution in [0.2, 0.25) is 15.1 Å². The molecular weight excluding hydrogens is 327 g/mol. The van der Waals surface area contributed by atoms with E-state index in [1.54, 1.807) is 18.2 Å². The quantitative estimate of drug-likeness (QED) is 0.660. The molecule has 0 saturated heterocycles. The highest BCUT2D eigenvalue weighted by Gasteiger charge is 2.18. The average Bonchev–Trinajstić information content (AvgIpc) is 2.78. The second kappa shape index (κ2) is 5.01. The highest BCUT2D eigenvalue weighted by molar-refractivity contribution is 6.36. The molecule has 1 aromatic heterocycles. The molecule has 0 atom stereocenters. The van der Waals surface area contributed by atoms with Crippen LogP contribution in [0.25, 0.3) is 11.0 Å². The van der Waals surface area contributed by atoms with E-state index in [2.05, 4.69) is 9.79 Å². The lowest BCUT2D eigenvalue weighted by Gasteiger charge is -2.08. The Kier molecular flexibility index (Phi) is 3.33. The lowest BCUT2D eigenvalue weighted by Crippen LogP contribution is -2.22.